The number of fused-ring (bicyclic) bond motifs is 1. The van der Waals surface area contributed by atoms with Crippen molar-refractivity contribution in [3.05, 3.63) is 59.2 Å². The summed E-state index contributed by atoms with van der Waals surface area (Å²) in [4.78, 5) is 40.3. The lowest BCUT2D eigenvalue weighted by Crippen LogP contribution is -2.36. The molecule has 0 unspecified atom stereocenters. The van der Waals surface area contributed by atoms with Gasteiger partial charge in [0, 0.05) is 18.7 Å². The smallest absolute Gasteiger partial charge is 0.266 e. The topological polar surface area (TPSA) is 57.7 Å². The van der Waals surface area contributed by atoms with Gasteiger partial charge in [-0.2, -0.15) is 0 Å². The van der Waals surface area contributed by atoms with Crippen LogP contribution in [-0.2, 0) is 4.79 Å². The first kappa shape index (κ1) is 15.6. The van der Waals surface area contributed by atoms with Gasteiger partial charge in [-0.25, -0.2) is 4.90 Å². The number of carbonyl (C=O) groups is 3. The Hall–Kier alpha value is -2.95. The molecule has 3 amide bonds. The minimum absolute atomic E-state index is 0.128. The molecular formula is C20H18N2O3. The van der Waals surface area contributed by atoms with Crippen LogP contribution in [0.5, 0.6) is 0 Å². The molecule has 0 aliphatic carbocycles. The van der Waals surface area contributed by atoms with Gasteiger partial charge in [0.05, 0.1) is 16.8 Å². The second kappa shape index (κ2) is 5.84. The zero-order chi connectivity index (χ0) is 17.6. The van der Waals surface area contributed by atoms with Crippen molar-refractivity contribution in [1.82, 2.24) is 0 Å². The molecule has 2 heterocycles. The van der Waals surface area contributed by atoms with Crippen LogP contribution in [0.4, 0.5) is 11.4 Å². The van der Waals surface area contributed by atoms with E-state index in [0.717, 1.165) is 24.1 Å². The first-order valence-electron chi connectivity index (χ1n) is 8.47. The van der Waals surface area contributed by atoms with E-state index in [2.05, 4.69) is 0 Å². The molecule has 2 aliphatic heterocycles. The van der Waals surface area contributed by atoms with Gasteiger partial charge in [-0.05, 0) is 55.7 Å². The van der Waals surface area contributed by atoms with Crippen molar-refractivity contribution in [3.63, 3.8) is 0 Å². The number of carbonyl (C=O) groups excluding carboxylic acids is 3. The van der Waals surface area contributed by atoms with Gasteiger partial charge in [0.1, 0.15) is 0 Å². The summed E-state index contributed by atoms with van der Waals surface area (Å²) >= 11 is 0. The Morgan fingerprint density at radius 3 is 2.16 bits per heavy atom. The molecule has 0 N–H and O–H groups in total. The predicted octanol–water partition coefficient (Wildman–Crippen LogP) is 3.31. The summed E-state index contributed by atoms with van der Waals surface area (Å²) in [5.74, 6) is -0.480. The Morgan fingerprint density at radius 2 is 1.56 bits per heavy atom. The second-order valence-electron chi connectivity index (χ2n) is 6.46. The Bertz CT molecular complexity index is 869. The average molecular weight is 334 g/mol. The van der Waals surface area contributed by atoms with Crippen molar-refractivity contribution in [3.8, 4) is 0 Å². The van der Waals surface area contributed by atoms with Crippen LogP contribution in [-0.4, -0.2) is 24.3 Å². The highest BCUT2D eigenvalue weighted by molar-refractivity contribution is 6.34. The maximum absolute atomic E-state index is 12.6. The zero-order valence-corrected chi connectivity index (χ0v) is 14.0. The van der Waals surface area contributed by atoms with E-state index in [9.17, 15) is 14.4 Å². The van der Waals surface area contributed by atoms with Gasteiger partial charge >= 0.3 is 0 Å². The quantitative estimate of drug-likeness (QED) is 0.792. The van der Waals surface area contributed by atoms with E-state index in [1.165, 1.54) is 4.90 Å². The summed E-state index contributed by atoms with van der Waals surface area (Å²) in [7, 11) is 0. The summed E-state index contributed by atoms with van der Waals surface area (Å²) in [5, 5.41) is 0. The van der Waals surface area contributed by atoms with Gasteiger partial charge in [0.2, 0.25) is 5.91 Å². The highest BCUT2D eigenvalue weighted by Gasteiger charge is 2.36. The lowest BCUT2D eigenvalue weighted by molar-refractivity contribution is -0.119. The number of rotatable bonds is 2. The molecule has 0 bridgehead atoms. The minimum Gasteiger partial charge on any atom is -0.312 e. The number of anilines is 2. The van der Waals surface area contributed by atoms with Crippen molar-refractivity contribution in [2.24, 2.45) is 0 Å². The molecule has 5 heteroatoms. The van der Waals surface area contributed by atoms with E-state index in [-0.39, 0.29) is 17.7 Å². The Labute approximate surface area is 145 Å². The molecule has 0 radical (unpaired) electrons. The molecule has 0 saturated carbocycles. The van der Waals surface area contributed by atoms with Crippen LogP contribution < -0.4 is 9.80 Å². The van der Waals surface area contributed by atoms with E-state index in [1.54, 1.807) is 41.3 Å². The van der Waals surface area contributed by atoms with Crippen LogP contribution >= 0.6 is 0 Å². The number of hydrogen-bond donors (Lipinski definition) is 0. The normalized spacial score (nSPS) is 17.2. The molecule has 0 spiro atoms. The summed E-state index contributed by atoms with van der Waals surface area (Å²) in [6.07, 6.45) is 2.49. The van der Waals surface area contributed by atoms with Crippen LogP contribution in [0, 0.1) is 6.92 Å². The number of amides is 3. The third-order valence-electron chi connectivity index (χ3n) is 4.85. The molecule has 1 fully saturated rings. The van der Waals surface area contributed by atoms with Crippen molar-refractivity contribution >= 4 is 29.1 Å². The molecule has 0 aromatic heterocycles. The molecule has 5 nitrogen and oxygen atoms in total. The Kier molecular flexibility index (Phi) is 3.64. The third kappa shape index (κ3) is 2.43. The number of benzene rings is 2. The van der Waals surface area contributed by atoms with Gasteiger partial charge in [-0.15, -0.1) is 0 Å². The number of hydrogen-bond acceptors (Lipinski definition) is 3. The fourth-order valence-electron chi connectivity index (χ4n) is 3.57. The molecular weight excluding hydrogens is 316 g/mol. The van der Waals surface area contributed by atoms with Crippen molar-refractivity contribution in [1.29, 1.82) is 0 Å². The van der Waals surface area contributed by atoms with E-state index >= 15 is 0 Å². The van der Waals surface area contributed by atoms with E-state index < -0.39 is 0 Å². The van der Waals surface area contributed by atoms with Crippen molar-refractivity contribution in [2.45, 2.75) is 26.2 Å². The molecule has 0 atom stereocenters. The van der Waals surface area contributed by atoms with Gasteiger partial charge in [-0.1, -0.05) is 12.1 Å². The maximum Gasteiger partial charge on any atom is 0.266 e. The first-order chi connectivity index (χ1) is 12.1. The fraction of sp³-hybridized carbons (Fsp3) is 0.250. The first-order valence-corrected chi connectivity index (χ1v) is 8.47. The van der Waals surface area contributed by atoms with Crippen molar-refractivity contribution in [2.75, 3.05) is 16.3 Å². The van der Waals surface area contributed by atoms with Crippen LogP contribution in [0.3, 0.4) is 0 Å². The predicted molar refractivity (Wildman–Crippen MR) is 95.0 cm³/mol. The molecule has 1 saturated heterocycles. The molecule has 4 rings (SSSR count). The number of imide groups is 1. The number of nitrogens with zero attached hydrogens (tertiary/aromatic N) is 2. The van der Waals surface area contributed by atoms with E-state index in [0.29, 0.717) is 29.8 Å². The Balaban J connectivity index is 1.69. The standard InChI is InChI=1S/C20H18N2O3/c1-13-12-14(9-10-17(13)21-11-5-4-8-18(21)23)22-19(24)15-6-2-3-7-16(15)20(22)25/h2-3,6-7,9-10,12H,4-5,8,11H2,1H3. The van der Waals surface area contributed by atoms with E-state index in [4.69, 9.17) is 0 Å². The highest BCUT2D eigenvalue weighted by Crippen LogP contribution is 2.32. The van der Waals surface area contributed by atoms with Gasteiger partial charge in [0.25, 0.3) is 11.8 Å². The number of aryl methyl sites for hydroxylation is 1. The molecule has 25 heavy (non-hydrogen) atoms. The van der Waals surface area contributed by atoms with Gasteiger partial charge < -0.3 is 4.90 Å². The molecule has 2 aromatic rings. The van der Waals surface area contributed by atoms with Crippen molar-refractivity contribution < 1.29 is 14.4 Å². The Morgan fingerprint density at radius 1 is 0.880 bits per heavy atom. The third-order valence-corrected chi connectivity index (χ3v) is 4.85. The lowest BCUT2D eigenvalue weighted by atomic mass is 10.1. The number of piperidine rings is 1. The summed E-state index contributed by atoms with van der Waals surface area (Å²) in [5.41, 5.74) is 3.13. The van der Waals surface area contributed by atoms with E-state index in [1.807, 2.05) is 13.0 Å². The monoisotopic (exact) mass is 334 g/mol. The van der Waals surface area contributed by atoms with Crippen LogP contribution in [0.1, 0.15) is 45.5 Å². The maximum atomic E-state index is 12.6. The summed E-state index contributed by atoms with van der Waals surface area (Å²) in [6, 6.07) is 12.2. The highest BCUT2D eigenvalue weighted by atomic mass is 16.2. The fourth-order valence-corrected chi connectivity index (χ4v) is 3.57. The zero-order valence-electron chi connectivity index (χ0n) is 14.0. The molecule has 2 aromatic carbocycles. The van der Waals surface area contributed by atoms with Crippen LogP contribution in [0.15, 0.2) is 42.5 Å². The molecule has 126 valence electrons. The van der Waals surface area contributed by atoms with Gasteiger partial charge in [0.15, 0.2) is 0 Å². The SMILES string of the molecule is Cc1cc(N2C(=O)c3ccccc3C2=O)ccc1N1CCCCC1=O. The average Bonchev–Trinajstić information content (AvgIpc) is 2.87. The van der Waals surface area contributed by atoms with Crippen LogP contribution in [0.25, 0.3) is 0 Å². The molecule has 2 aliphatic rings. The lowest BCUT2D eigenvalue weighted by Gasteiger charge is -2.28. The largest absolute Gasteiger partial charge is 0.312 e. The van der Waals surface area contributed by atoms with Crippen LogP contribution in [0.2, 0.25) is 0 Å². The summed E-state index contributed by atoms with van der Waals surface area (Å²) < 4.78 is 0. The van der Waals surface area contributed by atoms with Gasteiger partial charge in [-0.3, -0.25) is 14.4 Å². The second-order valence-corrected chi connectivity index (χ2v) is 6.46. The minimum atomic E-state index is -0.304. The summed E-state index contributed by atoms with van der Waals surface area (Å²) in [6.45, 7) is 2.62.